The molecule has 2 aliphatic rings. The van der Waals surface area contributed by atoms with Crippen molar-refractivity contribution in [2.24, 2.45) is 5.41 Å². The smallest absolute Gasteiger partial charge is 0.260 e. The molecule has 2 heterocycles. The van der Waals surface area contributed by atoms with Crippen LogP contribution in [-0.2, 0) is 0 Å². The lowest BCUT2D eigenvalue weighted by atomic mass is 9.47. The van der Waals surface area contributed by atoms with Gasteiger partial charge in [-0.15, -0.1) is 0 Å². The summed E-state index contributed by atoms with van der Waals surface area (Å²) >= 11 is 0. The Hall–Kier alpha value is -1.74. The number of rotatable bonds is 4. The van der Waals surface area contributed by atoms with Gasteiger partial charge < -0.3 is 9.71 Å². The third kappa shape index (κ3) is 4.34. The zero-order valence-electron chi connectivity index (χ0n) is 25.5. The Bertz CT molecular complexity index is 1090. The topological polar surface area (TPSA) is 6.48 Å². The van der Waals surface area contributed by atoms with E-state index in [4.69, 9.17) is 0 Å². The summed E-state index contributed by atoms with van der Waals surface area (Å²) in [5, 5.41) is 0. The predicted molar refractivity (Wildman–Crippen MR) is 160 cm³/mol. The van der Waals surface area contributed by atoms with Crippen molar-refractivity contribution in [3.05, 3.63) is 58.1 Å². The first-order valence-corrected chi connectivity index (χ1v) is 14.3. The van der Waals surface area contributed by atoms with Crippen LogP contribution in [0.4, 0.5) is 5.69 Å². The monoisotopic (exact) mass is 486 g/mol. The third-order valence-electron chi connectivity index (χ3n) is 9.04. The Morgan fingerprint density at radius 1 is 0.889 bits per heavy atom. The van der Waals surface area contributed by atoms with Crippen molar-refractivity contribution in [1.82, 2.24) is 4.81 Å². The SMILES string of the molecule is Cc1cc(C)c(B2C[C@]3(C)CC(C)(C)N(c4c(C(C)C)cccc4C(C)C)[C@@H]3N2C(C)(C)C)c(C)c1. The highest BCUT2D eigenvalue weighted by molar-refractivity contribution is 6.72. The summed E-state index contributed by atoms with van der Waals surface area (Å²) in [5.41, 5.74) is 10.7. The minimum absolute atomic E-state index is 0.0420. The van der Waals surface area contributed by atoms with Crippen LogP contribution in [0.2, 0.25) is 6.32 Å². The predicted octanol–water partition coefficient (Wildman–Crippen LogP) is 8.19. The number of benzene rings is 2. The second-order valence-corrected chi connectivity index (χ2v) is 14.6. The molecule has 0 saturated carbocycles. The first-order valence-electron chi connectivity index (χ1n) is 14.3. The van der Waals surface area contributed by atoms with Crippen molar-refractivity contribution in [3.63, 3.8) is 0 Å². The van der Waals surface area contributed by atoms with E-state index in [2.05, 4.69) is 130 Å². The van der Waals surface area contributed by atoms with Gasteiger partial charge in [-0.1, -0.05) is 87.1 Å². The van der Waals surface area contributed by atoms with Gasteiger partial charge in [0.1, 0.15) is 0 Å². The van der Waals surface area contributed by atoms with Gasteiger partial charge in [0.25, 0.3) is 6.85 Å². The van der Waals surface area contributed by atoms with Gasteiger partial charge in [0.05, 0.1) is 6.17 Å². The largest absolute Gasteiger partial charge is 0.351 e. The molecular formula is C33H51BN2. The molecule has 2 aromatic carbocycles. The highest BCUT2D eigenvalue weighted by Gasteiger charge is 2.64. The first kappa shape index (κ1) is 27.3. The number of nitrogens with zero attached hydrogens (tertiary/aromatic N) is 2. The van der Waals surface area contributed by atoms with Crippen LogP contribution in [0.25, 0.3) is 0 Å². The number of anilines is 1. The molecular weight excluding hydrogens is 435 g/mol. The number of hydrogen-bond donors (Lipinski definition) is 0. The summed E-state index contributed by atoms with van der Waals surface area (Å²) < 4.78 is 0. The summed E-state index contributed by atoms with van der Waals surface area (Å²) in [6.45, 7) is 31.7. The highest BCUT2D eigenvalue weighted by atomic mass is 15.4. The summed E-state index contributed by atoms with van der Waals surface area (Å²) in [6, 6.07) is 11.9. The van der Waals surface area contributed by atoms with E-state index in [-0.39, 0.29) is 16.5 Å². The second kappa shape index (κ2) is 8.93. The lowest BCUT2D eigenvalue weighted by molar-refractivity contribution is 0.147. The molecule has 0 amide bonds. The van der Waals surface area contributed by atoms with Crippen LogP contribution in [0.1, 0.15) is 115 Å². The number of fused-ring (bicyclic) bond motifs is 1. The number of aryl methyl sites for hydroxylation is 3. The molecule has 2 aliphatic heterocycles. The average Bonchev–Trinajstić information content (AvgIpc) is 3.08. The van der Waals surface area contributed by atoms with Gasteiger partial charge in [0.2, 0.25) is 0 Å². The van der Waals surface area contributed by atoms with E-state index in [9.17, 15) is 0 Å². The van der Waals surface area contributed by atoms with E-state index in [1.165, 1.54) is 46.2 Å². The van der Waals surface area contributed by atoms with Crippen LogP contribution < -0.4 is 10.4 Å². The van der Waals surface area contributed by atoms with Crippen molar-refractivity contribution in [1.29, 1.82) is 0 Å². The number of hydrogen-bond acceptors (Lipinski definition) is 2. The molecule has 0 N–H and O–H groups in total. The molecule has 0 bridgehead atoms. The van der Waals surface area contributed by atoms with Gasteiger partial charge in [0.15, 0.2) is 0 Å². The molecule has 36 heavy (non-hydrogen) atoms. The summed E-state index contributed by atoms with van der Waals surface area (Å²) in [6.07, 6.45) is 2.78. The Kier molecular flexibility index (Phi) is 6.77. The Balaban J connectivity index is 1.99. The summed E-state index contributed by atoms with van der Waals surface area (Å²) in [7, 11) is 0. The maximum Gasteiger partial charge on any atom is 0.260 e. The van der Waals surface area contributed by atoms with E-state index in [1.54, 1.807) is 5.46 Å². The minimum atomic E-state index is 0.0420. The normalized spacial score (nSPS) is 24.4. The molecule has 0 aromatic heterocycles. The van der Waals surface area contributed by atoms with E-state index < -0.39 is 0 Å². The standard InChI is InChI=1S/C33H51BN2/c1-21(2)26-15-14-16-27(22(3)4)29(26)35-30-33(13,19-32(35,11)12)20-34(36(30)31(8,9)10)28-24(6)17-23(5)18-25(28)7/h14-18,21-22,30H,19-20H2,1-13H3/t30-,33+/m1/s1. The van der Waals surface area contributed by atoms with Crippen LogP contribution >= 0.6 is 0 Å². The zero-order chi connectivity index (χ0) is 27.0. The van der Waals surface area contributed by atoms with Gasteiger partial charge in [-0.25, -0.2) is 0 Å². The summed E-state index contributed by atoms with van der Waals surface area (Å²) in [5.74, 6) is 0.978. The van der Waals surface area contributed by atoms with Crippen molar-refractivity contribution < 1.29 is 0 Å². The lowest BCUT2D eigenvalue weighted by Gasteiger charge is -2.50. The fraction of sp³-hybridized carbons (Fsp3) is 0.636. The molecule has 2 nitrogen and oxygen atoms in total. The minimum Gasteiger partial charge on any atom is -0.351 e. The van der Waals surface area contributed by atoms with Gasteiger partial charge >= 0.3 is 0 Å². The van der Waals surface area contributed by atoms with Crippen molar-refractivity contribution in [2.45, 2.75) is 132 Å². The van der Waals surface area contributed by atoms with Crippen LogP contribution in [0.5, 0.6) is 0 Å². The second-order valence-electron chi connectivity index (χ2n) is 14.6. The van der Waals surface area contributed by atoms with Crippen LogP contribution in [0.15, 0.2) is 30.3 Å². The van der Waals surface area contributed by atoms with Gasteiger partial charge in [0, 0.05) is 16.8 Å². The Morgan fingerprint density at radius 2 is 1.39 bits per heavy atom. The molecule has 2 aromatic rings. The van der Waals surface area contributed by atoms with Crippen molar-refractivity contribution in [2.75, 3.05) is 4.90 Å². The van der Waals surface area contributed by atoms with Crippen molar-refractivity contribution >= 4 is 18.0 Å². The first-order chi connectivity index (χ1) is 16.5. The zero-order valence-corrected chi connectivity index (χ0v) is 25.5. The summed E-state index contributed by atoms with van der Waals surface area (Å²) in [4.78, 5) is 5.80. The van der Waals surface area contributed by atoms with Gasteiger partial charge in [-0.05, 0) is 96.5 Å². The molecule has 0 aliphatic carbocycles. The van der Waals surface area contributed by atoms with Crippen LogP contribution in [0, 0.1) is 26.2 Å². The Morgan fingerprint density at radius 3 is 1.83 bits per heavy atom. The third-order valence-corrected chi connectivity index (χ3v) is 9.04. The number of para-hydroxylation sites is 1. The van der Waals surface area contributed by atoms with Crippen LogP contribution in [-0.4, -0.2) is 28.9 Å². The quantitative estimate of drug-likeness (QED) is 0.402. The molecule has 2 atom stereocenters. The fourth-order valence-electron chi connectivity index (χ4n) is 8.16. The molecule has 2 saturated heterocycles. The molecule has 2 fully saturated rings. The van der Waals surface area contributed by atoms with Gasteiger partial charge in [-0.3, -0.25) is 0 Å². The maximum absolute atomic E-state index is 2.91. The van der Waals surface area contributed by atoms with Crippen LogP contribution in [0.3, 0.4) is 0 Å². The van der Waals surface area contributed by atoms with E-state index in [1.807, 2.05) is 0 Å². The highest BCUT2D eigenvalue weighted by Crippen LogP contribution is 2.59. The average molecular weight is 487 g/mol. The molecule has 0 radical (unpaired) electrons. The molecule has 0 unspecified atom stereocenters. The van der Waals surface area contributed by atoms with E-state index >= 15 is 0 Å². The van der Waals surface area contributed by atoms with E-state index in [0.717, 1.165) is 0 Å². The fourth-order valence-corrected chi connectivity index (χ4v) is 8.16. The lowest BCUT2D eigenvalue weighted by Crippen LogP contribution is -2.63. The molecule has 196 valence electrons. The maximum atomic E-state index is 2.91. The van der Waals surface area contributed by atoms with Gasteiger partial charge in [-0.2, -0.15) is 0 Å². The Labute approximate surface area is 223 Å². The molecule has 0 spiro atoms. The van der Waals surface area contributed by atoms with E-state index in [0.29, 0.717) is 24.8 Å². The molecule has 4 rings (SSSR count). The molecule has 3 heteroatoms. The van der Waals surface area contributed by atoms with Crippen molar-refractivity contribution in [3.8, 4) is 0 Å².